The van der Waals surface area contributed by atoms with Gasteiger partial charge in [-0.05, 0) is 41.9 Å². The summed E-state index contributed by atoms with van der Waals surface area (Å²) >= 11 is -0.872. The van der Waals surface area contributed by atoms with Gasteiger partial charge in [-0.25, -0.2) is 0 Å². The highest BCUT2D eigenvalue weighted by atomic mass is 32.2. The highest BCUT2D eigenvalue weighted by Gasteiger charge is 2.23. The highest BCUT2D eigenvalue weighted by molar-refractivity contribution is 7.91. The van der Waals surface area contributed by atoms with Crippen LogP contribution in [0.25, 0.3) is 0 Å². The number of hydrogen-bond donors (Lipinski definition) is 0. The molecule has 0 bridgehead atoms. The summed E-state index contributed by atoms with van der Waals surface area (Å²) in [5.74, 6) is 1.56. The molecule has 17 heavy (non-hydrogen) atoms. The van der Waals surface area contributed by atoms with Crippen LogP contribution >= 0.6 is 0 Å². The molecule has 3 nitrogen and oxygen atoms in total. The highest BCUT2D eigenvalue weighted by Crippen LogP contribution is 2.19. The predicted octanol–water partition coefficient (Wildman–Crippen LogP) is 2.37. The summed E-state index contributed by atoms with van der Waals surface area (Å²) in [7, 11) is 0. The van der Waals surface area contributed by atoms with Gasteiger partial charge in [0.15, 0.2) is 4.90 Å². The second-order valence-electron chi connectivity index (χ2n) is 4.14. The molecule has 0 aromatic heterocycles. The van der Waals surface area contributed by atoms with Crippen molar-refractivity contribution in [2.24, 2.45) is 0 Å². The predicted molar refractivity (Wildman–Crippen MR) is 67.9 cm³/mol. The molecule has 0 aliphatic carbocycles. The van der Waals surface area contributed by atoms with Gasteiger partial charge in [0.05, 0.1) is 6.61 Å². The zero-order chi connectivity index (χ0) is 12.1. The van der Waals surface area contributed by atoms with Crippen LogP contribution in [0, 0.1) is 0 Å². The lowest BCUT2D eigenvalue weighted by molar-refractivity contribution is 0.263. The summed E-state index contributed by atoms with van der Waals surface area (Å²) in [6, 6.07) is 7.52. The van der Waals surface area contributed by atoms with E-state index in [0.29, 0.717) is 6.61 Å². The van der Waals surface area contributed by atoms with E-state index < -0.39 is 11.2 Å². The summed E-state index contributed by atoms with van der Waals surface area (Å²) in [4.78, 5) is 0.883. The molecule has 1 fully saturated rings. The van der Waals surface area contributed by atoms with Gasteiger partial charge < -0.3 is 14.0 Å². The number of hydrogen-bond acceptors (Lipinski definition) is 3. The van der Waals surface area contributed by atoms with Crippen molar-refractivity contribution in [3.05, 3.63) is 24.3 Å². The molecule has 1 saturated heterocycles. The van der Waals surface area contributed by atoms with E-state index in [1.807, 2.05) is 24.3 Å². The van der Waals surface area contributed by atoms with Gasteiger partial charge in [0, 0.05) is 0 Å². The van der Waals surface area contributed by atoms with Gasteiger partial charge >= 0.3 is 0 Å². The van der Waals surface area contributed by atoms with Crippen molar-refractivity contribution < 1.29 is 14.0 Å². The van der Waals surface area contributed by atoms with Crippen LogP contribution in [0.5, 0.6) is 5.75 Å². The lowest BCUT2D eigenvalue weighted by Gasteiger charge is -2.10. The van der Waals surface area contributed by atoms with Crippen LogP contribution in [0.2, 0.25) is 0 Å². The van der Waals surface area contributed by atoms with Gasteiger partial charge in [-0.3, -0.25) is 0 Å². The summed E-state index contributed by atoms with van der Waals surface area (Å²) < 4.78 is 22.4. The lowest BCUT2D eigenvalue weighted by atomic mass is 10.3. The van der Waals surface area contributed by atoms with E-state index in [1.165, 1.54) is 0 Å². The SMILES string of the molecule is CCCC[S+]([O-])c1ccc(OCC2CO2)cc1. The molecular weight excluding hydrogens is 236 g/mol. The molecule has 2 atom stereocenters. The fraction of sp³-hybridized carbons (Fsp3) is 0.538. The zero-order valence-corrected chi connectivity index (χ0v) is 10.9. The molecule has 0 spiro atoms. The van der Waals surface area contributed by atoms with E-state index >= 15 is 0 Å². The first-order valence-electron chi connectivity index (χ1n) is 6.02. The summed E-state index contributed by atoms with van der Waals surface area (Å²) in [6.07, 6.45) is 2.35. The zero-order valence-electron chi connectivity index (χ0n) is 10.1. The summed E-state index contributed by atoms with van der Waals surface area (Å²) in [5, 5.41) is 0. The van der Waals surface area contributed by atoms with E-state index in [9.17, 15) is 4.55 Å². The van der Waals surface area contributed by atoms with Crippen LogP contribution in [0.4, 0.5) is 0 Å². The standard InChI is InChI=1S/C13H18O3S/c1-2-3-8-17(14)13-6-4-11(5-7-13)15-9-12-10-16-12/h4-7,12H,2-3,8-10H2,1H3. The van der Waals surface area contributed by atoms with Crippen molar-refractivity contribution >= 4 is 11.2 Å². The molecule has 2 rings (SSSR count). The fourth-order valence-corrected chi connectivity index (χ4v) is 2.66. The molecule has 1 aromatic carbocycles. The Labute approximate surface area is 105 Å². The molecule has 1 aliphatic rings. The first-order valence-corrected chi connectivity index (χ1v) is 7.34. The molecule has 2 unspecified atom stereocenters. The Kier molecular flexibility index (Phi) is 4.71. The maximum Gasteiger partial charge on any atom is 0.152 e. The Hall–Kier alpha value is -0.710. The van der Waals surface area contributed by atoms with Crippen molar-refractivity contribution in [3.63, 3.8) is 0 Å². The molecule has 1 aromatic rings. The third kappa shape index (κ3) is 4.22. The average Bonchev–Trinajstić information content (AvgIpc) is 3.18. The smallest absolute Gasteiger partial charge is 0.152 e. The third-order valence-electron chi connectivity index (χ3n) is 2.61. The first kappa shape index (κ1) is 12.7. The van der Waals surface area contributed by atoms with Crippen molar-refractivity contribution in [3.8, 4) is 5.75 Å². The van der Waals surface area contributed by atoms with Gasteiger partial charge in [0.1, 0.15) is 24.2 Å². The largest absolute Gasteiger partial charge is 0.611 e. The minimum atomic E-state index is -0.872. The fourth-order valence-electron chi connectivity index (χ4n) is 1.43. The number of rotatable bonds is 7. The molecule has 4 heteroatoms. The Balaban J connectivity index is 1.82. The lowest BCUT2D eigenvalue weighted by Crippen LogP contribution is -2.07. The van der Waals surface area contributed by atoms with Crippen LogP contribution < -0.4 is 4.74 Å². The number of benzene rings is 1. The van der Waals surface area contributed by atoms with Gasteiger partial charge in [0.25, 0.3) is 0 Å². The quantitative estimate of drug-likeness (QED) is 0.554. The minimum Gasteiger partial charge on any atom is -0.611 e. The van der Waals surface area contributed by atoms with Gasteiger partial charge in [-0.1, -0.05) is 13.3 Å². The van der Waals surface area contributed by atoms with E-state index in [4.69, 9.17) is 9.47 Å². The molecule has 1 heterocycles. The Morgan fingerprint density at radius 1 is 1.41 bits per heavy atom. The molecule has 94 valence electrons. The van der Waals surface area contributed by atoms with E-state index in [1.54, 1.807) is 0 Å². The molecule has 0 amide bonds. The number of unbranched alkanes of at least 4 members (excludes halogenated alkanes) is 1. The van der Waals surface area contributed by atoms with Gasteiger partial charge in [-0.15, -0.1) is 0 Å². The van der Waals surface area contributed by atoms with Crippen LogP contribution in [0.15, 0.2) is 29.2 Å². The molecule has 0 radical (unpaired) electrons. The second-order valence-corrected chi connectivity index (χ2v) is 5.71. The number of ether oxygens (including phenoxy) is 2. The molecule has 0 N–H and O–H groups in total. The normalized spacial score (nSPS) is 20.0. The van der Waals surface area contributed by atoms with Crippen molar-refractivity contribution in [2.75, 3.05) is 19.0 Å². The van der Waals surface area contributed by atoms with Crippen LogP contribution in [-0.2, 0) is 15.9 Å². The van der Waals surface area contributed by atoms with Gasteiger partial charge in [0.2, 0.25) is 0 Å². The van der Waals surface area contributed by atoms with E-state index in [-0.39, 0.29) is 6.10 Å². The second kappa shape index (κ2) is 6.28. The van der Waals surface area contributed by atoms with Crippen molar-refractivity contribution in [1.82, 2.24) is 0 Å². The average molecular weight is 254 g/mol. The van der Waals surface area contributed by atoms with Crippen LogP contribution in [-0.4, -0.2) is 29.6 Å². The summed E-state index contributed by atoms with van der Waals surface area (Å²) in [5.41, 5.74) is 0. The Morgan fingerprint density at radius 2 is 2.12 bits per heavy atom. The van der Waals surface area contributed by atoms with Crippen LogP contribution in [0.1, 0.15) is 19.8 Å². The Bertz CT molecular complexity index is 335. The van der Waals surface area contributed by atoms with Gasteiger partial charge in [-0.2, -0.15) is 0 Å². The van der Waals surface area contributed by atoms with Crippen molar-refractivity contribution in [2.45, 2.75) is 30.8 Å². The Morgan fingerprint density at radius 3 is 2.71 bits per heavy atom. The third-order valence-corrected chi connectivity index (χ3v) is 4.07. The monoisotopic (exact) mass is 254 g/mol. The van der Waals surface area contributed by atoms with E-state index in [2.05, 4.69) is 6.92 Å². The molecular formula is C13H18O3S. The maximum absolute atomic E-state index is 11.8. The molecule has 0 saturated carbocycles. The van der Waals surface area contributed by atoms with Crippen molar-refractivity contribution in [1.29, 1.82) is 0 Å². The first-order chi connectivity index (χ1) is 8.29. The number of epoxide rings is 1. The minimum absolute atomic E-state index is 0.272. The van der Waals surface area contributed by atoms with E-state index in [0.717, 1.165) is 35.8 Å². The summed E-state index contributed by atoms with van der Waals surface area (Å²) in [6.45, 7) is 3.52. The molecule has 1 aliphatic heterocycles. The maximum atomic E-state index is 11.8. The van der Waals surface area contributed by atoms with Crippen LogP contribution in [0.3, 0.4) is 0 Å². The topological polar surface area (TPSA) is 44.8 Å².